The lowest BCUT2D eigenvalue weighted by Crippen LogP contribution is -2.42. The largest absolute Gasteiger partial charge is 0.480 e. The number of anilines is 1. The summed E-state index contributed by atoms with van der Waals surface area (Å²) in [6.45, 7) is 2.90. The number of aromatic amines is 1. The minimum Gasteiger partial charge on any atom is -0.480 e. The number of nitrogens with one attached hydrogen (secondary N) is 2. The Balaban J connectivity index is 1.70. The molecule has 0 unspecified atom stereocenters. The van der Waals surface area contributed by atoms with Crippen LogP contribution >= 0.6 is 0 Å². The minimum absolute atomic E-state index is 0.148. The van der Waals surface area contributed by atoms with E-state index in [4.69, 9.17) is 20.3 Å². The summed E-state index contributed by atoms with van der Waals surface area (Å²) in [7, 11) is 0. The molecule has 0 amide bonds. The normalized spacial score (nSPS) is 20.8. The summed E-state index contributed by atoms with van der Waals surface area (Å²) in [5.74, 6) is -0.828. The van der Waals surface area contributed by atoms with Gasteiger partial charge in [0.2, 0.25) is 12.2 Å². The van der Waals surface area contributed by atoms with E-state index in [0.29, 0.717) is 48.2 Å². The highest BCUT2D eigenvalue weighted by Crippen LogP contribution is 2.35. The number of H-pyrrole nitrogens is 1. The molecule has 168 valence electrons. The lowest BCUT2D eigenvalue weighted by Gasteiger charge is -2.35. The van der Waals surface area contributed by atoms with Crippen LogP contribution in [0.2, 0.25) is 0 Å². The molecule has 1 aliphatic heterocycles. The fourth-order valence-electron chi connectivity index (χ4n) is 3.16. The van der Waals surface area contributed by atoms with Crippen LogP contribution in [0.5, 0.6) is 0 Å². The third kappa shape index (κ3) is 4.74. The number of nitrogens with zero attached hydrogens (tertiary/aromatic N) is 3. The molecule has 10 nitrogen and oxygen atoms in total. The summed E-state index contributed by atoms with van der Waals surface area (Å²) in [4.78, 5) is 27.1. The summed E-state index contributed by atoms with van der Waals surface area (Å²) >= 11 is 0. The van der Waals surface area contributed by atoms with Crippen LogP contribution in [0.3, 0.4) is 0 Å². The van der Waals surface area contributed by atoms with Crippen molar-refractivity contribution in [2.75, 3.05) is 31.6 Å². The zero-order valence-electron chi connectivity index (χ0n) is 17.3. The molecule has 1 saturated heterocycles. The van der Waals surface area contributed by atoms with E-state index >= 15 is 0 Å². The second-order valence-corrected chi connectivity index (χ2v) is 7.83. The van der Waals surface area contributed by atoms with Crippen molar-refractivity contribution >= 4 is 11.9 Å². The molecule has 1 aliphatic rings. The number of carbonyl (C=O) groups is 1. The van der Waals surface area contributed by atoms with Gasteiger partial charge < -0.3 is 30.6 Å². The Hall–Kier alpha value is -3.41. The maximum absolute atomic E-state index is 13.5. The number of aromatic nitrogens is 4. The van der Waals surface area contributed by atoms with Gasteiger partial charge in [0.15, 0.2) is 5.82 Å². The van der Waals surface area contributed by atoms with E-state index in [1.807, 2.05) is 6.92 Å². The third-order valence-corrected chi connectivity index (χ3v) is 5.03. The second-order valence-electron chi connectivity index (χ2n) is 7.83. The lowest BCUT2D eigenvalue weighted by atomic mass is 9.93. The van der Waals surface area contributed by atoms with Crippen molar-refractivity contribution in [3.8, 4) is 22.6 Å². The Bertz CT molecular complexity index is 1100. The van der Waals surface area contributed by atoms with E-state index < -0.39 is 12.3 Å². The minimum atomic E-state index is -1.04. The molecule has 4 rings (SSSR count). The topological polar surface area (TPSA) is 148 Å². The Morgan fingerprint density at radius 2 is 2.00 bits per heavy atom. The van der Waals surface area contributed by atoms with Crippen LogP contribution in [-0.4, -0.2) is 57.3 Å². The molecule has 2 aromatic heterocycles. The monoisotopic (exact) mass is 442 g/mol. The smallest absolute Gasteiger partial charge is 0.322 e. The van der Waals surface area contributed by atoms with Crippen LogP contribution in [0.1, 0.15) is 19.0 Å². The van der Waals surface area contributed by atoms with Crippen LogP contribution in [0.25, 0.3) is 22.6 Å². The quantitative estimate of drug-likeness (QED) is 0.432. The predicted octanol–water partition coefficient (Wildman–Crippen LogP) is 2.18. The first kappa shape index (κ1) is 21.8. The highest BCUT2D eigenvalue weighted by Gasteiger charge is 2.34. The molecular formula is C21H23FN6O4. The highest BCUT2D eigenvalue weighted by atomic mass is 19.1. The van der Waals surface area contributed by atoms with Gasteiger partial charge in [0.05, 0.1) is 30.3 Å². The molecule has 0 spiro atoms. The van der Waals surface area contributed by atoms with Crippen molar-refractivity contribution in [1.29, 1.82) is 0 Å². The predicted molar refractivity (Wildman–Crippen MR) is 113 cm³/mol. The molecule has 32 heavy (non-hydrogen) atoms. The van der Waals surface area contributed by atoms with Gasteiger partial charge in [-0.05, 0) is 30.3 Å². The second kappa shape index (κ2) is 8.99. The Kier molecular flexibility index (Phi) is 6.12. The van der Waals surface area contributed by atoms with Crippen LogP contribution < -0.4 is 11.1 Å². The Morgan fingerprint density at radius 1 is 1.28 bits per heavy atom. The summed E-state index contributed by atoms with van der Waals surface area (Å²) < 4.78 is 25.2. The highest BCUT2D eigenvalue weighted by molar-refractivity contribution is 5.77. The molecule has 0 atom stereocenters. The van der Waals surface area contributed by atoms with Gasteiger partial charge in [-0.15, -0.1) is 0 Å². The number of carboxylic acid groups (broad SMARTS) is 1. The number of hydrogen-bond donors (Lipinski definition) is 4. The maximum Gasteiger partial charge on any atom is 0.322 e. The number of rotatable bonds is 7. The van der Waals surface area contributed by atoms with Crippen LogP contribution in [0, 0.1) is 11.2 Å². The molecule has 1 fully saturated rings. The number of aliphatic carboxylic acids is 1. The van der Waals surface area contributed by atoms with Crippen molar-refractivity contribution in [2.24, 2.45) is 11.1 Å². The van der Waals surface area contributed by atoms with E-state index in [2.05, 4.69) is 25.3 Å². The van der Waals surface area contributed by atoms with Gasteiger partial charge in [0.25, 0.3) is 0 Å². The van der Waals surface area contributed by atoms with E-state index in [0.717, 1.165) is 0 Å². The van der Waals surface area contributed by atoms with Crippen molar-refractivity contribution < 1.29 is 23.8 Å². The number of imidazole rings is 1. The molecule has 0 aliphatic carbocycles. The number of ether oxygens (including phenoxy) is 2. The number of carboxylic acids is 1. The standard InChI is InChI=1S/C21H23FN6O4/c1-21(9-23)10-31-19(32-11-21)18-27-16(12-2-4-13(22)5-3-12)17(28-18)14-6-7-24-20(26-14)25-8-15(29)30/h2-7,19H,8-11,23H2,1H3,(H,27,28)(H,29,30)(H,24,25,26). The molecule has 11 heteroatoms. The van der Waals surface area contributed by atoms with Crippen molar-refractivity contribution in [1.82, 2.24) is 19.9 Å². The molecule has 3 aromatic rings. The molecule has 0 radical (unpaired) electrons. The summed E-state index contributed by atoms with van der Waals surface area (Å²) in [6.07, 6.45) is 0.774. The molecule has 1 aromatic carbocycles. The van der Waals surface area contributed by atoms with Gasteiger partial charge in [-0.3, -0.25) is 4.79 Å². The Labute approximate surface area is 183 Å². The average Bonchev–Trinajstić information content (AvgIpc) is 3.24. The third-order valence-electron chi connectivity index (χ3n) is 5.03. The van der Waals surface area contributed by atoms with Crippen molar-refractivity contribution in [2.45, 2.75) is 13.2 Å². The first-order valence-electron chi connectivity index (χ1n) is 9.95. The SMILES string of the molecule is CC1(CN)COC(c2nc(-c3ccc(F)cc3)c(-c3ccnc(NCC(=O)O)n3)[nH]2)OC1. The van der Waals surface area contributed by atoms with Gasteiger partial charge >= 0.3 is 5.97 Å². The van der Waals surface area contributed by atoms with E-state index in [9.17, 15) is 9.18 Å². The first-order chi connectivity index (χ1) is 15.4. The summed E-state index contributed by atoms with van der Waals surface area (Å²) in [6, 6.07) is 7.56. The maximum atomic E-state index is 13.5. The van der Waals surface area contributed by atoms with Gasteiger partial charge in [-0.25, -0.2) is 19.3 Å². The molecule has 3 heterocycles. The van der Waals surface area contributed by atoms with E-state index in [1.54, 1.807) is 18.2 Å². The molecule has 5 N–H and O–H groups in total. The van der Waals surface area contributed by atoms with Gasteiger partial charge in [0.1, 0.15) is 12.4 Å². The fraction of sp³-hybridized carbons (Fsp3) is 0.333. The zero-order chi connectivity index (χ0) is 22.7. The fourth-order valence-corrected chi connectivity index (χ4v) is 3.16. The number of hydrogen-bond acceptors (Lipinski definition) is 8. The molecule has 0 saturated carbocycles. The van der Waals surface area contributed by atoms with Crippen LogP contribution in [-0.2, 0) is 14.3 Å². The average molecular weight is 442 g/mol. The lowest BCUT2D eigenvalue weighted by molar-refractivity contribution is -0.231. The van der Waals surface area contributed by atoms with Crippen LogP contribution in [0.4, 0.5) is 10.3 Å². The van der Waals surface area contributed by atoms with Crippen LogP contribution in [0.15, 0.2) is 36.5 Å². The van der Waals surface area contributed by atoms with E-state index in [-0.39, 0.29) is 23.7 Å². The van der Waals surface area contributed by atoms with Gasteiger partial charge in [0, 0.05) is 23.7 Å². The molecular weight excluding hydrogens is 419 g/mol. The number of benzene rings is 1. The number of nitrogens with two attached hydrogens (primary N) is 1. The van der Waals surface area contributed by atoms with E-state index in [1.165, 1.54) is 18.3 Å². The Morgan fingerprint density at radius 3 is 2.66 bits per heavy atom. The number of halogens is 1. The van der Waals surface area contributed by atoms with Crippen molar-refractivity contribution in [3.05, 3.63) is 48.2 Å². The van der Waals surface area contributed by atoms with Crippen molar-refractivity contribution in [3.63, 3.8) is 0 Å². The van der Waals surface area contributed by atoms with Gasteiger partial charge in [-0.2, -0.15) is 0 Å². The van der Waals surface area contributed by atoms with Gasteiger partial charge in [-0.1, -0.05) is 6.92 Å². The zero-order valence-corrected chi connectivity index (χ0v) is 17.3. The summed E-state index contributed by atoms with van der Waals surface area (Å²) in [5, 5.41) is 11.5. The first-order valence-corrected chi connectivity index (χ1v) is 9.95. The summed E-state index contributed by atoms with van der Waals surface area (Å²) in [5.41, 5.74) is 7.70. The molecule has 0 bridgehead atoms.